The Kier molecular flexibility index (Phi) is 6.78. The van der Waals surface area contributed by atoms with Crippen LogP contribution in [0.1, 0.15) is 0 Å². The molecule has 0 aliphatic carbocycles. The maximum absolute atomic E-state index is 6.65. The summed E-state index contributed by atoms with van der Waals surface area (Å²) in [6.07, 6.45) is 0. The second-order valence-electron chi connectivity index (χ2n) is 12.9. The average molecular weight is 652 g/mol. The SMILES string of the molecule is c1ccc(-c2ccc3cc(-c4nc(-c5ccccc5)nc(-c5cc(-c6ccccc6)c6oc7cc8ccccc8cc7c6c5)n4)ccc3c2)cc1. The van der Waals surface area contributed by atoms with Crippen LogP contribution in [-0.2, 0) is 0 Å². The normalized spacial score (nSPS) is 11.5. The van der Waals surface area contributed by atoms with Crippen molar-refractivity contribution in [2.24, 2.45) is 0 Å². The zero-order chi connectivity index (χ0) is 33.7. The van der Waals surface area contributed by atoms with Crippen molar-refractivity contribution in [3.63, 3.8) is 0 Å². The van der Waals surface area contributed by atoms with Gasteiger partial charge in [-0.05, 0) is 74.6 Å². The second-order valence-corrected chi connectivity index (χ2v) is 12.9. The van der Waals surface area contributed by atoms with Gasteiger partial charge in [0.2, 0.25) is 0 Å². The number of benzene rings is 8. The van der Waals surface area contributed by atoms with Gasteiger partial charge in [0, 0.05) is 33.0 Å². The zero-order valence-corrected chi connectivity index (χ0v) is 27.5. The summed E-state index contributed by atoms with van der Waals surface area (Å²) in [5, 5.41) is 6.68. The minimum atomic E-state index is 0.604. The molecule has 0 spiro atoms. The van der Waals surface area contributed by atoms with Crippen molar-refractivity contribution in [3.8, 4) is 56.4 Å². The predicted molar refractivity (Wildman–Crippen MR) is 209 cm³/mol. The molecule has 0 saturated heterocycles. The van der Waals surface area contributed by atoms with Gasteiger partial charge in [0.05, 0.1) is 0 Å². The number of fused-ring (bicyclic) bond motifs is 5. The molecule has 8 aromatic carbocycles. The van der Waals surface area contributed by atoms with Gasteiger partial charge in [-0.3, -0.25) is 0 Å². The van der Waals surface area contributed by atoms with Crippen LogP contribution in [0.3, 0.4) is 0 Å². The molecular weight excluding hydrogens is 623 g/mol. The molecule has 0 unspecified atom stereocenters. The molecule has 10 rings (SSSR count). The quantitative estimate of drug-likeness (QED) is 0.186. The van der Waals surface area contributed by atoms with E-state index in [1.165, 1.54) is 16.5 Å². The highest BCUT2D eigenvalue weighted by molar-refractivity contribution is 6.14. The highest BCUT2D eigenvalue weighted by Crippen LogP contribution is 2.41. The van der Waals surface area contributed by atoms with Crippen LogP contribution in [0.15, 0.2) is 180 Å². The van der Waals surface area contributed by atoms with Crippen LogP contribution in [0.25, 0.3) is 99.9 Å². The number of hydrogen-bond donors (Lipinski definition) is 0. The average Bonchev–Trinajstić information content (AvgIpc) is 3.57. The lowest BCUT2D eigenvalue weighted by atomic mass is 9.98. The first-order chi connectivity index (χ1) is 25.2. The molecule has 0 amide bonds. The van der Waals surface area contributed by atoms with Crippen molar-refractivity contribution in [2.45, 2.75) is 0 Å². The molecule has 0 saturated carbocycles. The third-order valence-corrected chi connectivity index (χ3v) is 9.65. The van der Waals surface area contributed by atoms with Crippen LogP contribution < -0.4 is 0 Å². The number of nitrogens with zero attached hydrogens (tertiary/aromatic N) is 3. The molecule has 51 heavy (non-hydrogen) atoms. The van der Waals surface area contributed by atoms with Crippen LogP contribution >= 0.6 is 0 Å². The van der Waals surface area contributed by atoms with Crippen LogP contribution in [0.4, 0.5) is 0 Å². The fourth-order valence-electron chi connectivity index (χ4n) is 7.07. The third kappa shape index (κ3) is 5.22. The van der Waals surface area contributed by atoms with E-state index in [0.29, 0.717) is 17.5 Å². The summed E-state index contributed by atoms with van der Waals surface area (Å²) < 4.78 is 6.65. The first kappa shape index (κ1) is 29.0. The third-order valence-electron chi connectivity index (χ3n) is 9.65. The largest absolute Gasteiger partial charge is 0.455 e. The predicted octanol–water partition coefficient (Wildman–Crippen LogP) is 12.4. The standard InChI is InChI=1S/C47H29N3O/c1-4-12-30(13-5-1)35-20-21-37-25-38(23-22-36(37)24-35)46-48-45(32-16-8-3-9-17-32)49-47(50-46)39-27-40(31-14-6-2-7-15-31)44-42(28-39)41-26-33-18-10-11-19-34(33)29-43(41)51-44/h1-29H. The Bertz CT molecular complexity index is 2900. The highest BCUT2D eigenvalue weighted by Gasteiger charge is 2.19. The molecule has 10 aromatic rings. The first-order valence-electron chi connectivity index (χ1n) is 17.1. The van der Waals surface area contributed by atoms with Crippen molar-refractivity contribution >= 4 is 43.5 Å². The van der Waals surface area contributed by atoms with Gasteiger partial charge in [0.1, 0.15) is 11.2 Å². The van der Waals surface area contributed by atoms with Crippen molar-refractivity contribution < 1.29 is 4.42 Å². The molecule has 238 valence electrons. The van der Waals surface area contributed by atoms with Crippen molar-refractivity contribution in [3.05, 3.63) is 176 Å². The molecule has 2 heterocycles. The summed E-state index contributed by atoms with van der Waals surface area (Å²) in [6.45, 7) is 0. The molecule has 0 N–H and O–H groups in total. The van der Waals surface area contributed by atoms with Gasteiger partial charge in [0.15, 0.2) is 17.5 Å². The molecular formula is C47H29N3O. The van der Waals surface area contributed by atoms with Gasteiger partial charge < -0.3 is 4.42 Å². The highest BCUT2D eigenvalue weighted by atomic mass is 16.3. The molecule has 0 radical (unpaired) electrons. The minimum absolute atomic E-state index is 0.604. The molecule has 0 aliphatic heterocycles. The number of hydrogen-bond acceptors (Lipinski definition) is 4. The molecule has 2 aromatic heterocycles. The minimum Gasteiger partial charge on any atom is -0.455 e. The van der Waals surface area contributed by atoms with Gasteiger partial charge in [-0.1, -0.05) is 140 Å². The van der Waals surface area contributed by atoms with Gasteiger partial charge in [-0.15, -0.1) is 0 Å². The number of furan rings is 1. The number of rotatable bonds is 5. The van der Waals surface area contributed by atoms with Crippen molar-refractivity contribution in [1.29, 1.82) is 0 Å². The maximum atomic E-state index is 6.65. The Labute approximate surface area is 294 Å². The number of aromatic nitrogens is 3. The summed E-state index contributed by atoms with van der Waals surface area (Å²) in [6, 6.07) is 61.1. The van der Waals surface area contributed by atoms with E-state index in [9.17, 15) is 0 Å². The monoisotopic (exact) mass is 651 g/mol. The topological polar surface area (TPSA) is 51.8 Å². The van der Waals surface area contributed by atoms with Gasteiger partial charge in [-0.2, -0.15) is 0 Å². The Morgan fingerprint density at radius 1 is 0.314 bits per heavy atom. The van der Waals surface area contributed by atoms with E-state index in [4.69, 9.17) is 19.4 Å². The fraction of sp³-hybridized carbons (Fsp3) is 0. The van der Waals surface area contributed by atoms with E-state index >= 15 is 0 Å². The summed E-state index contributed by atoms with van der Waals surface area (Å²) >= 11 is 0. The Hall–Kier alpha value is -6.91. The molecule has 0 fully saturated rings. The van der Waals surface area contributed by atoms with E-state index in [1.807, 2.05) is 42.5 Å². The first-order valence-corrected chi connectivity index (χ1v) is 17.1. The summed E-state index contributed by atoms with van der Waals surface area (Å²) in [7, 11) is 0. The zero-order valence-electron chi connectivity index (χ0n) is 27.5. The smallest absolute Gasteiger partial charge is 0.164 e. The lowest BCUT2D eigenvalue weighted by Crippen LogP contribution is -2.00. The summed E-state index contributed by atoms with van der Waals surface area (Å²) in [5.74, 6) is 1.85. The van der Waals surface area contributed by atoms with Gasteiger partial charge >= 0.3 is 0 Å². The Balaban J connectivity index is 1.18. The van der Waals surface area contributed by atoms with Crippen molar-refractivity contribution in [2.75, 3.05) is 0 Å². The van der Waals surface area contributed by atoms with E-state index in [0.717, 1.165) is 65.9 Å². The Morgan fingerprint density at radius 2 is 0.824 bits per heavy atom. The molecule has 0 aliphatic rings. The summed E-state index contributed by atoms with van der Waals surface area (Å²) in [5.41, 5.74) is 8.90. The van der Waals surface area contributed by atoms with E-state index in [2.05, 4.69) is 133 Å². The second kappa shape index (κ2) is 11.9. The van der Waals surface area contributed by atoms with Crippen LogP contribution in [0, 0.1) is 0 Å². The van der Waals surface area contributed by atoms with E-state index < -0.39 is 0 Å². The lowest BCUT2D eigenvalue weighted by Gasteiger charge is -2.11. The van der Waals surface area contributed by atoms with E-state index in [-0.39, 0.29) is 0 Å². The molecule has 0 bridgehead atoms. The molecule has 0 atom stereocenters. The lowest BCUT2D eigenvalue weighted by molar-refractivity contribution is 0.670. The van der Waals surface area contributed by atoms with Gasteiger partial charge in [0.25, 0.3) is 0 Å². The molecule has 4 nitrogen and oxygen atoms in total. The van der Waals surface area contributed by atoms with E-state index in [1.54, 1.807) is 0 Å². The van der Waals surface area contributed by atoms with Crippen LogP contribution in [0.2, 0.25) is 0 Å². The van der Waals surface area contributed by atoms with Gasteiger partial charge in [-0.25, -0.2) is 15.0 Å². The summed E-state index contributed by atoms with van der Waals surface area (Å²) in [4.78, 5) is 15.3. The van der Waals surface area contributed by atoms with Crippen molar-refractivity contribution in [1.82, 2.24) is 15.0 Å². The maximum Gasteiger partial charge on any atom is 0.164 e. The fourth-order valence-corrected chi connectivity index (χ4v) is 7.07. The molecule has 4 heteroatoms. The van der Waals surface area contributed by atoms with Crippen LogP contribution in [-0.4, -0.2) is 15.0 Å². The Morgan fingerprint density at radius 3 is 1.51 bits per heavy atom. The van der Waals surface area contributed by atoms with Crippen LogP contribution in [0.5, 0.6) is 0 Å².